The second kappa shape index (κ2) is 9.40. The van der Waals surface area contributed by atoms with E-state index in [2.05, 4.69) is 19.2 Å². The fourth-order valence-electron chi connectivity index (χ4n) is 3.82. The summed E-state index contributed by atoms with van der Waals surface area (Å²) < 4.78 is 23.5. The van der Waals surface area contributed by atoms with Crippen LogP contribution in [0.2, 0.25) is 5.02 Å². The normalized spacial score (nSPS) is 13.9. The van der Waals surface area contributed by atoms with E-state index in [9.17, 15) is 9.18 Å². The van der Waals surface area contributed by atoms with Crippen LogP contribution < -0.4 is 15.4 Å². The summed E-state index contributed by atoms with van der Waals surface area (Å²) >= 11 is 7.10. The fourth-order valence-corrected chi connectivity index (χ4v) is 4.74. The van der Waals surface area contributed by atoms with Gasteiger partial charge >= 0.3 is 0 Å². The molecule has 11 heteroatoms. The minimum atomic E-state index is -0.315. The molecule has 2 aromatic carbocycles. The van der Waals surface area contributed by atoms with Crippen molar-refractivity contribution < 1.29 is 13.9 Å². The Morgan fingerprint density at radius 2 is 1.76 bits per heavy atom. The number of amides is 1. The number of carbonyl (C=O) groups excluding carboxylic acids is 1. The van der Waals surface area contributed by atoms with E-state index in [1.165, 1.54) is 23.7 Å². The molecular weight excluding hydrogens is 479 g/mol. The van der Waals surface area contributed by atoms with Crippen LogP contribution in [-0.2, 0) is 4.79 Å². The number of nitrogen functional groups attached to an aromatic ring is 1. The fraction of sp³-hybridized carbons (Fsp3) is 0.217. The molecule has 0 spiro atoms. The summed E-state index contributed by atoms with van der Waals surface area (Å²) in [6, 6.07) is 13.0. The molecule has 1 fully saturated rings. The van der Waals surface area contributed by atoms with E-state index >= 15 is 0 Å². The van der Waals surface area contributed by atoms with E-state index < -0.39 is 0 Å². The molecule has 0 radical (unpaired) electrons. The summed E-state index contributed by atoms with van der Waals surface area (Å²) in [5, 5.41) is 1.38. The first-order valence-electron chi connectivity index (χ1n) is 10.6. The lowest BCUT2D eigenvalue weighted by Crippen LogP contribution is -2.50. The second-order valence-electron chi connectivity index (χ2n) is 7.73. The first-order chi connectivity index (χ1) is 16.5. The van der Waals surface area contributed by atoms with Crippen LogP contribution in [-0.4, -0.2) is 57.9 Å². The number of nitrogens with zero attached hydrogens (tertiary/aromatic N) is 5. The first-order valence-corrected chi connectivity index (χ1v) is 11.7. The topological polar surface area (TPSA) is 97.5 Å². The Labute approximate surface area is 203 Å². The Morgan fingerprint density at radius 3 is 2.47 bits per heavy atom. The van der Waals surface area contributed by atoms with Gasteiger partial charge in [-0.2, -0.15) is 9.36 Å². The molecule has 8 nitrogen and oxygen atoms in total. The molecule has 174 valence electrons. The highest BCUT2D eigenvalue weighted by molar-refractivity contribution is 7.13. The molecule has 5 rings (SSSR count). The number of rotatable bonds is 5. The van der Waals surface area contributed by atoms with Crippen LogP contribution in [0.4, 0.5) is 16.2 Å². The Morgan fingerprint density at radius 1 is 1.06 bits per heavy atom. The third-order valence-electron chi connectivity index (χ3n) is 5.56. The summed E-state index contributed by atoms with van der Waals surface area (Å²) in [6.45, 7) is 2.11. The van der Waals surface area contributed by atoms with Crippen molar-refractivity contribution in [2.75, 3.05) is 43.4 Å². The lowest BCUT2D eigenvalue weighted by molar-refractivity contribution is -0.133. The lowest BCUT2D eigenvalue weighted by Gasteiger charge is -2.35. The van der Waals surface area contributed by atoms with E-state index in [4.69, 9.17) is 22.1 Å². The van der Waals surface area contributed by atoms with Crippen molar-refractivity contribution in [2.24, 2.45) is 0 Å². The van der Waals surface area contributed by atoms with Gasteiger partial charge in [-0.05, 0) is 60.1 Å². The van der Waals surface area contributed by atoms with Crippen LogP contribution in [0.15, 0.2) is 48.5 Å². The Hall–Kier alpha value is -3.50. The quantitative estimate of drug-likeness (QED) is 0.446. The zero-order valence-corrected chi connectivity index (χ0v) is 19.5. The molecule has 4 aromatic rings. The van der Waals surface area contributed by atoms with Gasteiger partial charge in [0.1, 0.15) is 17.4 Å². The van der Waals surface area contributed by atoms with Crippen LogP contribution in [0.3, 0.4) is 0 Å². The maximum atomic E-state index is 13.4. The average molecular weight is 499 g/mol. The summed E-state index contributed by atoms with van der Waals surface area (Å²) in [4.78, 5) is 26.0. The van der Waals surface area contributed by atoms with Gasteiger partial charge in [-0.15, -0.1) is 0 Å². The van der Waals surface area contributed by atoms with Crippen LogP contribution in [0.25, 0.3) is 21.5 Å². The van der Waals surface area contributed by atoms with E-state index in [0.29, 0.717) is 53.3 Å². The monoisotopic (exact) mass is 498 g/mol. The number of hydrogen-bond acceptors (Lipinski definition) is 8. The van der Waals surface area contributed by atoms with Crippen molar-refractivity contribution in [1.29, 1.82) is 0 Å². The van der Waals surface area contributed by atoms with Crippen molar-refractivity contribution in [3.8, 4) is 17.0 Å². The van der Waals surface area contributed by atoms with E-state index in [1.54, 1.807) is 41.3 Å². The molecule has 1 amide bonds. The summed E-state index contributed by atoms with van der Waals surface area (Å²) in [6.07, 6.45) is 0. The van der Waals surface area contributed by atoms with Gasteiger partial charge < -0.3 is 20.3 Å². The molecule has 2 aromatic heterocycles. The smallest absolute Gasteiger partial charge is 0.260 e. The molecule has 0 unspecified atom stereocenters. The maximum absolute atomic E-state index is 13.4. The number of hydrogen-bond donors (Lipinski definition) is 1. The number of halogens is 2. The maximum Gasteiger partial charge on any atom is 0.260 e. The summed E-state index contributed by atoms with van der Waals surface area (Å²) in [5.41, 5.74) is 7.43. The molecule has 0 aliphatic carbocycles. The van der Waals surface area contributed by atoms with E-state index in [1.807, 2.05) is 0 Å². The van der Waals surface area contributed by atoms with Crippen LogP contribution in [0.5, 0.6) is 5.75 Å². The van der Waals surface area contributed by atoms with Gasteiger partial charge in [-0.3, -0.25) is 4.79 Å². The first kappa shape index (κ1) is 22.3. The number of anilines is 2. The van der Waals surface area contributed by atoms with Crippen molar-refractivity contribution >= 4 is 51.0 Å². The van der Waals surface area contributed by atoms with Crippen LogP contribution in [0, 0.1) is 5.82 Å². The number of fused-ring (bicyclic) bond motifs is 1. The van der Waals surface area contributed by atoms with Gasteiger partial charge in [0, 0.05) is 36.8 Å². The van der Waals surface area contributed by atoms with Crippen molar-refractivity contribution in [3.05, 3.63) is 59.4 Å². The van der Waals surface area contributed by atoms with Gasteiger partial charge in [0.25, 0.3) is 5.91 Å². The zero-order valence-electron chi connectivity index (χ0n) is 17.9. The predicted octanol–water partition coefficient (Wildman–Crippen LogP) is 3.86. The minimum Gasteiger partial charge on any atom is -0.484 e. The van der Waals surface area contributed by atoms with Crippen molar-refractivity contribution in [1.82, 2.24) is 19.2 Å². The molecule has 0 atom stereocenters. The van der Waals surface area contributed by atoms with E-state index in [0.717, 1.165) is 10.9 Å². The second-order valence-corrected chi connectivity index (χ2v) is 8.92. The third kappa shape index (κ3) is 4.59. The Kier molecular flexibility index (Phi) is 6.16. The number of ether oxygens (including phenoxy) is 1. The summed E-state index contributed by atoms with van der Waals surface area (Å²) in [5.74, 6) is 1.01. The largest absolute Gasteiger partial charge is 0.484 e. The zero-order chi connectivity index (χ0) is 23.7. The predicted molar refractivity (Wildman–Crippen MR) is 131 cm³/mol. The van der Waals surface area contributed by atoms with Gasteiger partial charge in [0.15, 0.2) is 11.4 Å². The van der Waals surface area contributed by atoms with Gasteiger partial charge in [-0.1, -0.05) is 11.6 Å². The molecule has 34 heavy (non-hydrogen) atoms. The lowest BCUT2D eigenvalue weighted by atomic mass is 10.1. The molecular formula is C23H20ClFN6O2S. The Balaban J connectivity index is 1.31. The van der Waals surface area contributed by atoms with Crippen molar-refractivity contribution in [3.63, 3.8) is 0 Å². The molecule has 0 saturated carbocycles. The molecule has 2 N–H and O–H groups in total. The summed E-state index contributed by atoms with van der Waals surface area (Å²) in [7, 11) is 0. The highest BCUT2D eigenvalue weighted by atomic mass is 35.5. The number of aromatic nitrogens is 3. The van der Waals surface area contributed by atoms with Crippen LogP contribution >= 0.6 is 23.1 Å². The molecule has 1 aliphatic rings. The molecule has 1 saturated heterocycles. The highest BCUT2D eigenvalue weighted by Gasteiger charge is 2.26. The van der Waals surface area contributed by atoms with Gasteiger partial charge in [0.05, 0.1) is 11.1 Å². The molecule has 3 heterocycles. The van der Waals surface area contributed by atoms with Crippen molar-refractivity contribution in [2.45, 2.75) is 0 Å². The number of benzene rings is 2. The van der Waals surface area contributed by atoms with Gasteiger partial charge in [0.2, 0.25) is 5.95 Å². The van der Waals surface area contributed by atoms with Crippen LogP contribution in [0.1, 0.15) is 0 Å². The number of carbonyl (C=O) groups is 1. The average Bonchev–Trinajstić information content (AvgIpc) is 3.27. The minimum absolute atomic E-state index is 0.0461. The van der Waals surface area contributed by atoms with E-state index in [-0.39, 0.29) is 24.3 Å². The molecule has 0 bridgehead atoms. The Bertz CT molecular complexity index is 1320. The number of nitrogens with two attached hydrogens (primary N) is 1. The third-order valence-corrected chi connectivity index (χ3v) is 6.55. The number of piperazine rings is 1. The molecule has 1 aliphatic heterocycles. The van der Waals surface area contributed by atoms with Gasteiger partial charge in [-0.25, -0.2) is 9.37 Å². The standard InChI is InChI=1S/C23H20ClFN6O2S/c24-15-3-7-17(8-4-15)33-13-18(32)30-9-11-31(12-10-30)21-19-20(14-1-5-16(25)6-2-14)29-34-22(19)28-23(26)27-21/h1-8H,9-13H2,(H2,26,27,28). The highest BCUT2D eigenvalue weighted by Crippen LogP contribution is 2.36. The SMILES string of the molecule is Nc1nc(N2CCN(C(=O)COc3ccc(Cl)cc3)CC2)c2c(-c3ccc(F)cc3)nsc2n1.